The molecule has 0 radical (unpaired) electrons. The number of rotatable bonds is 2. The summed E-state index contributed by atoms with van der Waals surface area (Å²) in [5, 5.41) is 1.17. The molecule has 2 aromatic carbocycles. The third kappa shape index (κ3) is 2.74. The van der Waals surface area contributed by atoms with Gasteiger partial charge in [-0.15, -0.1) is 11.8 Å². The minimum absolute atomic E-state index is 0.0329. The number of aromatic nitrogens is 1. The lowest BCUT2D eigenvalue weighted by molar-refractivity contribution is -0.123. The summed E-state index contributed by atoms with van der Waals surface area (Å²) < 4.78 is 0.916. The van der Waals surface area contributed by atoms with Gasteiger partial charge in [-0.1, -0.05) is 57.6 Å². The number of nitrogens with zero attached hydrogens (tertiary/aromatic N) is 1. The number of benzene rings is 2. The standard InChI is InChI=1S/C25H19BrN2O3S2/c26-12-6-8-13(9-7-12)28-23(29)18-14-10-15(19(18)24(28)30)20-17(14)16(11-4-2-1-3-5-11)21-22(32-20)27-25(31)33-21/h1-9,14-20H,10H2,(H,27,31)/t14-,15-,16-,17-,18+,19-,20-/m0/s1. The molecule has 33 heavy (non-hydrogen) atoms. The van der Waals surface area contributed by atoms with Crippen LogP contribution in [0.3, 0.4) is 0 Å². The molecule has 7 rings (SSSR count). The van der Waals surface area contributed by atoms with Crippen molar-refractivity contribution in [2.24, 2.45) is 29.6 Å². The molecular weight excluding hydrogens is 520 g/mol. The minimum atomic E-state index is -0.267. The number of nitrogens with one attached hydrogen (secondary N) is 1. The first kappa shape index (κ1) is 20.2. The third-order valence-corrected chi connectivity index (χ3v) is 11.1. The number of carbonyl (C=O) groups is 2. The van der Waals surface area contributed by atoms with Crippen LogP contribution in [-0.4, -0.2) is 22.0 Å². The average Bonchev–Trinajstić information content (AvgIpc) is 3.54. The summed E-state index contributed by atoms with van der Waals surface area (Å²) >= 11 is 6.46. The van der Waals surface area contributed by atoms with Crippen LogP contribution in [-0.2, 0) is 9.59 Å². The molecule has 0 spiro atoms. The number of thioether (sulfide) groups is 1. The molecule has 2 aliphatic heterocycles. The van der Waals surface area contributed by atoms with Crippen LogP contribution in [0.25, 0.3) is 0 Å². The van der Waals surface area contributed by atoms with Gasteiger partial charge in [0.2, 0.25) is 11.8 Å². The summed E-state index contributed by atoms with van der Waals surface area (Å²) in [5.41, 5.74) is 1.84. The molecule has 1 aromatic heterocycles. The molecule has 2 saturated carbocycles. The SMILES string of the molecule is O=C1[C@@H]2[C@H]3C[C@H]([C@@H]4Sc5[nH]c(=O)sc5[C@@H](c5ccccc5)[C@H]34)[C@@H]2C(=O)N1c1ccc(Br)cc1. The predicted molar refractivity (Wildman–Crippen MR) is 132 cm³/mol. The fourth-order valence-electron chi connectivity index (χ4n) is 6.90. The maximum absolute atomic E-state index is 13.7. The third-order valence-electron chi connectivity index (χ3n) is 7.97. The molecule has 166 valence electrons. The van der Waals surface area contributed by atoms with Crippen molar-refractivity contribution in [1.29, 1.82) is 0 Å². The second-order valence-corrected chi connectivity index (χ2v) is 12.5. The molecule has 7 atom stereocenters. The zero-order chi connectivity index (χ0) is 22.4. The number of aromatic amines is 1. The van der Waals surface area contributed by atoms with Gasteiger partial charge in [-0.3, -0.25) is 19.3 Å². The summed E-state index contributed by atoms with van der Waals surface area (Å²) in [6, 6.07) is 17.7. The molecule has 3 aromatic rings. The number of H-pyrrole nitrogens is 1. The number of fused-ring (bicyclic) bond motifs is 9. The maximum Gasteiger partial charge on any atom is 0.305 e. The van der Waals surface area contributed by atoms with E-state index in [-0.39, 0.29) is 57.4 Å². The average molecular weight is 539 g/mol. The Bertz CT molecular complexity index is 1350. The number of amides is 2. The van der Waals surface area contributed by atoms with Crippen molar-refractivity contribution in [3.63, 3.8) is 0 Å². The Kier molecular flexibility index (Phi) is 4.40. The highest BCUT2D eigenvalue weighted by molar-refractivity contribution is 9.10. The summed E-state index contributed by atoms with van der Waals surface area (Å²) in [5.74, 6) is -0.0247. The van der Waals surface area contributed by atoms with Crippen LogP contribution >= 0.6 is 39.0 Å². The van der Waals surface area contributed by atoms with Gasteiger partial charge in [0.05, 0.1) is 22.5 Å². The van der Waals surface area contributed by atoms with E-state index in [0.29, 0.717) is 5.69 Å². The second kappa shape index (κ2) is 7.17. The second-order valence-electron chi connectivity index (χ2n) is 9.36. The van der Waals surface area contributed by atoms with Crippen molar-refractivity contribution < 1.29 is 9.59 Å². The number of anilines is 1. The van der Waals surface area contributed by atoms with Crippen LogP contribution in [0.4, 0.5) is 5.69 Å². The Hall–Kier alpha value is -2.16. The first-order valence-electron chi connectivity index (χ1n) is 11.1. The van der Waals surface area contributed by atoms with E-state index < -0.39 is 0 Å². The van der Waals surface area contributed by atoms with Gasteiger partial charge in [0.25, 0.3) is 0 Å². The smallest absolute Gasteiger partial charge is 0.305 e. The number of hydrogen-bond donors (Lipinski definition) is 1. The Morgan fingerprint density at radius 2 is 1.61 bits per heavy atom. The predicted octanol–water partition coefficient (Wildman–Crippen LogP) is 4.88. The molecule has 0 unspecified atom stereocenters. The van der Waals surface area contributed by atoms with E-state index in [4.69, 9.17) is 0 Å². The van der Waals surface area contributed by atoms with E-state index in [1.807, 2.05) is 42.5 Å². The maximum atomic E-state index is 13.7. The van der Waals surface area contributed by atoms with Gasteiger partial charge in [0.15, 0.2) is 0 Å². The topological polar surface area (TPSA) is 70.2 Å². The van der Waals surface area contributed by atoms with Crippen molar-refractivity contribution in [2.45, 2.75) is 22.6 Å². The van der Waals surface area contributed by atoms with Crippen LogP contribution in [0.2, 0.25) is 0 Å². The number of imide groups is 1. The lowest BCUT2D eigenvalue weighted by atomic mass is 9.68. The molecule has 5 nitrogen and oxygen atoms in total. The molecule has 4 aliphatic rings. The summed E-state index contributed by atoms with van der Waals surface area (Å²) in [7, 11) is 0. The fourth-order valence-corrected chi connectivity index (χ4v) is 10.0. The highest BCUT2D eigenvalue weighted by atomic mass is 79.9. The van der Waals surface area contributed by atoms with Gasteiger partial charge in [-0.2, -0.15) is 0 Å². The molecule has 3 fully saturated rings. The van der Waals surface area contributed by atoms with Crippen molar-refractivity contribution in [3.8, 4) is 0 Å². The quantitative estimate of drug-likeness (QED) is 0.472. The molecule has 1 saturated heterocycles. The molecular formula is C25H19BrN2O3S2. The molecule has 3 heterocycles. The molecule has 2 bridgehead atoms. The first-order valence-corrected chi connectivity index (χ1v) is 13.6. The van der Waals surface area contributed by atoms with E-state index >= 15 is 0 Å². The van der Waals surface area contributed by atoms with Gasteiger partial charge >= 0.3 is 4.87 Å². The highest BCUT2D eigenvalue weighted by Gasteiger charge is 2.69. The van der Waals surface area contributed by atoms with Crippen molar-refractivity contribution in [1.82, 2.24) is 4.98 Å². The number of hydrogen-bond acceptors (Lipinski definition) is 5. The van der Waals surface area contributed by atoms with Crippen molar-refractivity contribution in [3.05, 3.63) is 79.2 Å². The molecule has 2 amide bonds. The summed E-state index contributed by atoms with van der Waals surface area (Å²) in [6.45, 7) is 0. The Morgan fingerprint density at radius 3 is 2.33 bits per heavy atom. The van der Waals surface area contributed by atoms with Gasteiger partial charge in [0, 0.05) is 20.5 Å². The zero-order valence-electron chi connectivity index (χ0n) is 17.3. The largest absolute Gasteiger partial charge is 0.307 e. The van der Waals surface area contributed by atoms with Gasteiger partial charge in [0.1, 0.15) is 0 Å². The van der Waals surface area contributed by atoms with Crippen LogP contribution in [0, 0.1) is 29.6 Å². The summed E-state index contributed by atoms with van der Waals surface area (Å²) in [6.07, 6.45) is 0.909. The molecule has 8 heteroatoms. The molecule has 2 aliphatic carbocycles. The number of thiazole rings is 1. The monoisotopic (exact) mass is 538 g/mol. The van der Waals surface area contributed by atoms with Gasteiger partial charge < -0.3 is 4.98 Å². The van der Waals surface area contributed by atoms with E-state index in [0.717, 1.165) is 20.8 Å². The summed E-state index contributed by atoms with van der Waals surface area (Å²) in [4.78, 5) is 45.1. The van der Waals surface area contributed by atoms with E-state index in [2.05, 4.69) is 33.0 Å². The first-order chi connectivity index (χ1) is 16.0. The van der Waals surface area contributed by atoms with Crippen LogP contribution in [0.1, 0.15) is 22.8 Å². The van der Waals surface area contributed by atoms with Crippen LogP contribution in [0.5, 0.6) is 0 Å². The fraction of sp³-hybridized carbons (Fsp3) is 0.320. The molecule has 1 N–H and O–H groups in total. The Balaban J connectivity index is 1.33. The van der Waals surface area contributed by atoms with E-state index in [1.54, 1.807) is 11.8 Å². The van der Waals surface area contributed by atoms with Gasteiger partial charge in [-0.25, -0.2) is 0 Å². The van der Waals surface area contributed by atoms with E-state index in [9.17, 15) is 14.4 Å². The minimum Gasteiger partial charge on any atom is -0.307 e. The Labute approximate surface area is 206 Å². The lowest BCUT2D eigenvalue weighted by Gasteiger charge is -2.43. The highest BCUT2D eigenvalue weighted by Crippen LogP contribution is 2.68. The number of carbonyl (C=O) groups excluding carboxylic acids is 2. The Morgan fingerprint density at radius 1 is 0.909 bits per heavy atom. The van der Waals surface area contributed by atoms with Crippen LogP contribution in [0.15, 0.2) is 68.9 Å². The lowest BCUT2D eigenvalue weighted by Crippen LogP contribution is -2.42. The normalized spacial score (nSPS) is 33.8. The number of halogens is 1. The van der Waals surface area contributed by atoms with Crippen molar-refractivity contribution >= 4 is 56.5 Å². The van der Waals surface area contributed by atoms with Crippen molar-refractivity contribution in [2.75, 3.05) is 4.90 Å². The van der Waals surface area contributed by atoms with Crippen LogP contribution < -0.4 is 9.77 Å². The van der Waals surface area contributed by atoms with Gasteiger partial charge in [-0.05, 0) is 54.0 Å². The van der Waals surface area contributed by atoms with E-state index in [1.165, 1.54) is 21.8 Å². The zero-order valence-corrected chi connectivity index (χ0v) is 20.5.